The molecule has 4 aliphatic rings. The number of esters is 1. The SMILES string of the molecule is CC(=O)OC1CCC2C3CCC4C(F)C(=O)CCC4(C)C3CCC12C. The number of alkyl halides is 1. The predicted molar refractivity (Wildman–Crippen MR) is 92.6 cm³/mol. The Morgan fingerprint density at radius 1 is 1.00 bits per heavy atom. The lowest BCUT2D eigenvalue weighted by molar-refractivity contribution is -0.166. The molecule has 0 saturated heterocycles. The molecule has 140 valence electrons. The molecule has 0 aromatic carbocycles. The van der Waals surface area contributed by atoms with Gasteiger partial charge in [0.05, 0.1) is 0 Å². The molecular weight excluding hydrogens is 319 g/mol. The van der Waals surface area contributed by atoms with Crippen molar-refractivity contribution in [1.29, 1.82) is 0 Å². The van der Waals surface area contributed by atoms with Crippen LogP contribution in [0.1, 0.15) is 72.1 Å². The maximum Gasteiger partial charge on any atom is 0.302 e. The van der Waals surface area contributed by atoms with E-state index in [1.165, 1.54) is 6.92 Å². The van der Waals surface area contributed by atoms with E-state index in [0.717, 1.165) is 44.9 Å². The van der Waals surface area contributed by atoms with Crippen molar-refractivity contribution in [3.8, 4) is 0 Å². The van der Waals surface area contributed by atoms with E-state index >= 15 is 0 Å². The van der Waals surface area contributed by atoms with Crippen molar-refractivity contribution < 1.29 is 18.7 Å². The Bertz CT molecular complexity index is 590. The van der Waals surface area contributed by atoms with Crippen LogP contribution in [0.15, 0.2) is 0 Å². The van der Waals surface area contributed by atoms with Crippen LogP contribution in [0.25, 0.3) is 0 Å². The van der Waals surface area contributed by atoms with Crippen molar-refractivity contribution in [2.45, 2.75) is 84.4 Å². The maximum atomic E-state index is 14.7. The van der Waals surface area contributed by atoms with Gasteiger partial charge in [0.25, 0.3) is 0 Å². The van der Waals surface area contributed by atoms with Gasteiger partial charge in [-0.3, -0.25) is 9.59 Å². The van der Waals surface area contributed by atoms with Crippen LogP contribution in [0.5, 0.6) is 0 Å². The summed E-state index contributed by atoms with van der Waals surface area (Å²) in [6, 6.07) is 0. The maximum absolute atomic E-state index is 14.7. The summed E-state index contributed by atoms with van der Waals surface area (Å²) >= 11 is 0. The van der Waals surface area contributed by atoms with Crippen LogP contribution < -0.4 is 0 Å². The van der Waals surface area contributed by atoms with E-state index in [-0.39, 0.29) is 34.6 Å². The number of hydrogen-bond donors (Lipinski definition) is 0. The zero-order valence-electron chi connectivity index (χ0n) is 15.7. The molecule has 0 aromatic rings. The van der Waals surface area contributed by atoms with Gasteiger partial charge in [-0.05, 0) is 68.1 Å². The largest absolute Gasteiger partial charge is 0.462 e. The minimum Gasteiger partial charge on any atom is -0.462 e. The average Bonchev–Trinajstić information content (AvgIpc) is 2.88. The smallest absolute Gasteiger partial charge is 0.302 e. The molecule has 0 aromatic heterocycles. The molecule has 0 radical (unpaired) electrons. The molecule has 0 amide bonds. The van der Waals surface area contributed by atoms with Crippen LogP contribution in [-0.2, 0) is 14.3 Å². The number of hydrogen-bond acceptors (Lipinski definition) is 3. The van der Waals surface area contributed by atoms with Gasteiger partial charge in [0.1, 0.15) is 6.10 Å². The van der Waals surface area contributed by atoms with Gasteiger partial charge in [-0.2, -0.15) is 0 Å². The van der Waals surface area contributed by atoms with Gasteiger partial charge < -0.3 is 4.74 Å². The Morgan fingerprint density at radius 3 is 2.40 bits per heavy atom. The second-order valence-electron chi connectivity index (χ2n) is 9.65. The minimum atomic E-state index is -1.25. The highest BCUT2D eigenvalue weighted by Crippen LogP contribution is 2.66. The van der Waals surface area contributed by atoms with Gasteiger partial charge in [-0.25, -0.2) is 4.39 Å². The molecule has 3 nitrogen and oxygen atoms in total. The van der Waals surface area contributed by atoms with E-state index in [9.17, 15) is 14.0 Å². The fourth-order valence-corrected chi connectivity index (χ4v) is 7.44. The molecule has 0 spiro atoms. The highest BCUT2D eigenvalue weighted by Gasteiger charge is 2.62. The summed E-state index contributed by atoms with van der Waals surface area (Å²) in [5, 5.41) is 0. The van der Waals surface area contributed by atoms with Crippen LogP contribution in [0.3, 0.4) is 0 Å². The molecule has 0 aliphatic heterocycles. The third-order valence-corrected chi connectivity index (χ3v) is 8.73. The topological polar surface area (TPSA) is 43.4 Å². The first-order valence-corrected chi connectivity index (χ1v) is 10.1. The second-order valence-corrected chi connectivity index (χ2v) is 9.65. The number of rotatable bonds is 1. The molecule has 4 fully saturated rings. The third kappa shape index (κ3) is 2.42. The van der Waals surface area contributed by atoms with E-state index in [4.69, 9.17) is 4.74 Å². The number of ketones is 1. The summed E-state index contributed by atoms with van der Waals surface area (Å²) in [6.07, 6.45) is 6.18. The van der Waals surface area contributed by atoms with E-state index in [1.54, 1.807) is 0 Å². The fourth-order valence-electron chi connectivity index (χ4n) is 7.44. The van der Waals surface area contributed by atoms with Crippen LogP contribution in [0, 0.1) is 34.5 Å². The number of ether oxygens (including phenoxy) is 1. The fraction of sp³-hybridized carbons (Fsp3) is 0.905. The van der Waals surface area contributed by atoms with Crippen LogP contribution in [0.4, 0.5) is 4.39 Å². The van der Waals surface area contributed by atoms with Crippen molar-refractivity contribution in [3.05, 3.63) is 0 Å². The molecule has 4 heteroatoms. The van der Waals surface area contributed by atoms with E-state index in [2.05, 4.69) is 13.8 Å². The quantitative estimate of drug-likeness (QED) is 0.655. The first-order valence-electron chi connectivity index (χ1n) is 10.1. The van der Waals surface area contributed by atoms with Gasteiger partial charge >= 0.3 is 5.97 Å². The summed E-state index contributed by atoms with van der Waals surface area (Å²) in [6.45, 7) is 6.08. The Hall–Kier alpha value is -0.930. The number of Topliss-reactive ketones (excluding diaryl/α,β-unsaturated/α-hetero) is 1. The third-order valence-electron chi connectivity index (χ3n) is 8.73. The highest BCUT2D eigenvalue weighted by atomic mass is 19.1. The van der Waals surface area contributed by atoms with Crippen LogP contribution in [0.2, 0.25) is 0 Å². The van der Waals surface area contributed by atoms with Crippen LogP contribution >= 0.6 is 0 Å². The normalized spacial score (nSPS) is 52.1. The molecule has 0 N–H and O–H groups in total. The van der Waals surface area contributed by atoms with Crippen molar-refractivity contribution in [2.75, 3.05) is 0 Å². The summed E-state index contributed by atoms with van der Waals surface area (Å²) in [5.74, 6) is 1.27. The lowest BCUT2D eigenvalue weighted by atomic mass is 9.45. The van der Waals surface area contributed by atoms with Crippen LogP contribution in [-0.4, -0.2) is 24.0 Å². The average molecular weight is 350 g/mol. The van der Waals surface area contributed by atoms with E-state index in [1.807, 2.05) is 0 Å². The van der Waals surface area contributed by atoms with Gasteiger partial charge in [0.2, 0.25) is 0 Å². The van der Waals surface area contributed by atoms with Gasteiger partial charge in [0.15, 0.2) is 12.0 Å². The first-order chi connectivity index (χ1) is 11.8. The molecule has 0 heterocycles. The second kappa shape index (κ2) is 5.79. The summed E-state index contributed by atoms with van der Waals surface area (Å²) in [7, 11) is 0. The Kier molecular flexibility index (Phi) is 4.05. The summed E-state index contributed by atoms with van der Waals surface area (Å²) < 4.78 is 20.3. The molecular formula is C21H31FO3. The van der Waals surface area contributed by atoms with Crippen molar-refractivity contribution >= 4 is 11.8 Å². The molecule has 4 saturated carbocycles. The lowest BCUT2D eigenvalue weighted by Gasteiger charge is -2.60. The molecule has 8 unspecified atom stereocenters. The molecule has 25 heavy (non-hydrogen) atoms. The summed E-state index contributed by atoms with van der Waals surface area (Å²) in [4.78, 5) is 23.4. The number of fused-ring (bicyclic) bond motifs is 5. The monoisotopic (exact) mass is 350 g/mol. The van der Waals surface area contributed by atoms with Gasteiger partial charge in [-0.15, -0.1) is 0 Å². The van der Waals surface area contributed by atoms with Gasteiger partial charge in [0, 0.05) is 24.7 Å². The first kappa shape index (κ1) is 17.5. The highest BCUT2D eigenvalue weighted by molar-refractivity contribution is 5.84. The Balaban J connectivity index is 1.60. The Morgan fingerprint density at radius 2 is 1.68 bits per heavy atom. The predicted octanol–water partition coefficient (Wildman–Crippen LogP) is 4.48. The lowest BCUT2D eigenvalue weighted by Crippen LogP contribution is -2.57. The van der Waals surface area contributed by atoms with E-state index in [0.29, 0.717) is 24.2 Å². The summed E-state index contributed by atoms with van der Waals surface area (Å²) in [5.41, 5.74) is 0.0483. The zero-order valence-corrected chi connectivity index (χ0v) is 15.7. The number of carbonyl (C=O) groups excluding carboxylic acids is 2. The van der Waals surface area contributed by atoms with Crippen molar-refractivity contribution in [1.82, 2.24) is 0 Å². The number of carbonyl (C=O) groups is 2. The molecule has 4 rings (SSSR count). The molecule has 4 aliphatic carbocycles. The zero-order chi connectivity index (χ0) is 18.0. The van der Waals surface area contributed by atoms with Crippen molar-refractivity contribution in [2.24, 2.45) is 34.5 Å². The van der Waals surface area contributed by atoms with Gasteiger partial charge in [-0.1, -0.05) is 13.8 Å². The Labute approximate surface area is 150 Å². The van der Waals surface area contributed by atoms with Crippen molar-refractivity contribution in [3.63, 3.8) is 0 Å². The van der Waals surface area contributed by atoms with E-state index < -0.39 is 6.17 Å². The standard InChI is InChI=1S/C21H31FO3/c1-12(23)25-18-7-6-14-13-4-5-16-19(22)17(24)9-11-20(16,2)15(13)8-10-21(14,18)3/h13-16,18-19H,4-11H2,1-3H3. The minimum absolute atomic E-state index is 0.0307. The number of halogens is 1. The molecule has 0 bridgehead atoms. The molecule has 8 atom stereocenters.